The van der Waals surface area contributed by atoms with Crippen molar-refractivity contribution >= 4 is 38.6 Å². The lowest BCUT2D eigenvalue weighted by molar-refractivity contribution is 0.122. The lowest BCUT2D eigenvalue weighted by Gasteiger charge is -2.27. The molecule has 4 heterocycles. The summed E-state index contributed by atoms with van der Waals surface area (Å²) >= 11 is 3.57. The summed E-state index contributed by atoms with van der Waals surface area (Å²) in [6.45, 7) is 3.12. The molecule has 5 rings (SSSR count). The van der Waals surface area contributed by atoms with Crippen LogP contribution in [0.1, 0.15) is 0 Å². The summed E-state index contributed by atoms with van der Waals surface area (Å²) in [6, 6.07) is 11.9. The summed E-state index contributed by atoms with van der Waals surface area (Å²) in [4.78, 5) is 20.2. The predicted molar refractivity (Wildman–Crippen MR) is 128 cm³/mol. The smallest absolute Gasteiger partial charge is 0.165 e. The molecule has 2 N–H and O–H groups in total. The zero-order valence-corrected chi connectivity index (χ0v) is 19.0. The van der Waals surface area contributed by atoms with Crippen molar-refractivity contribution < 1.29 is 9.47 Å². The second-order valence-electron chi connectivity index (χ2n) is 7.37. The van der Waals surface area contributed by atoms with E-state index in [-0.39, 0.29) is 0 Å². The first-order valence-corrected chi connectivity index (χ1v) is 11.0. The van der Waals surface area contributed by atoms with Crippen LogP contribution in [0.3, 0.4) is 0 Å². The number of nitrogens with zero attached hydrogens (tertiary/aromatic N) is 5. The average Bonchev–Trinajstić information content (AvgIpc) is 2.84. The lowest BCUT2D eigenvalue weighted by Crippen LogP contribution is -2.36. The minimum atomic E-state index is 0.386. The summed E-state index contributed by atoms with van der Waals surface area (Å²) in [6.07, 6.45) is 3.28. The first-order chi connectivity index (χ1) is 15.6. The molecule has 4 aromatic rings. The highest BCUT2D eigenvalue weighted by molar-refractivity contribution is 9.10. The van der Waals surface area contributed by atoms with Crippen molar-refractivity contribution in [1.29, 1.82) is 0 Å². The Kier molecular flexibility index (Phi) is 5.59. The lowest BCUT2D eigenvalue weighted by atomic mass is 10.00. The van der Waals surface area contributed by atoms with E-state index in [0.717, 1.165) is 64.7 Å². The number of hydrogen-bond acceptors (Lipinski definition) is 8. The van der Waals surface area contributed by atoms with Crippen molar-refractivity contribution in [3.63, 3.8) is 0 Å². The van der Waals surface area contributed by atoms with E-state index in [1.54, 1.807) is 7.11 Å². The highest BCUT2D eigenvalue weighted by Gasteiger charge is 2.16. The van der Waals surface area contributed by atoms with Crippen molar-refractivity contribution in [2.75, 3.05) is 44.0 Å². The number of fused-ring (bicyclic) bond motifs is 1. The van der Waals surface area contributed by atoms with Crippen molar-refractivity contribution in [3.8, 4) is 28.1 Å². The Morgan fingerprint density at radius 3 is 2.56 bits per heavy atom. The standard InChI is InChI=1S/C23H21BrN6O2/c1-31-19-4-2-14(10-17(19)24)16-11-18(29-23-21(16)22(25)27-13-28-23)15-3-5-20(26-12-15)30-6-8-32-9-7-30/h2-5,10-13H,6-9H2,1H3,(H2,25,27,28,29). The largest absolute Gasteiger partial charge is 0.496 e. The number of methoxy groups -OCH3 is 1. The number of morpholine rings is 1. The van der Waals surface area contributed by atoms with Crippen LogP contribution in [0.15, 0.2) is 53.4 Å². The number of halogens is 1. The van der Waals surface area contributed by atoms with Crippen LogP contribution in [-0.2, 0) is 4.74 Å². The van der Waals surface area contributed by atoms with Gasteiger partial charge >= 0.3 is 0 Å². The number of anilines is 2. The molecule has 162 valence electrons. The molecule has 0 bridgehead atoms. The van der Waals surface area contributed by atoms with E-state index in [4.69, 9.17) is 20.2 Å². The van der Waals surface area contributed by atoms with Crippen molar-refractivity contribution in [2.24, 2.45) is 0 Å². The van der Waals surface area contributed by atoms with Gasteiger partial charge in [-0.2, -0.15) is 0 Å². The Morgan fingerprint density at radius 2 is 1.84 bits per heavy atom. The fourth-order valence-electron chi connectivity index (χ4n) is 3.81. The fraction of sp³-hybridized carbons (Fsp3) is 0.217. The number of nitrogens with two attached hydrogens (primary N) is 1. The highest BCUT2D eigenvalue weighted by atomic mass is 79.9. The minimum absolute atomic E-state index is 0.386. The number of hydrogen-bond donors (Lipinski definition) is 1. The summed E-state index contributed by atoms with van der Waals surface area (Å²) in [7, 11) is 1.64. The van der Waals surface area contributed by atoms with Crippen LogP contribution in [0.4, 0.5) is 11.6 Å². The number of rotatable bonds is 4. The molecule has 0 radical (unpaired) electrons. The molecule has 0 spiro atoms. The molecule has 1 saturated heterocycles. The van der Waals surface area contributed by atoms with Gasteiger partial charge < -0.3 is 20.1 Å². The van der Waals surface area contributed by atoms with Gasteiger partial charge in [0.05, 0.1) is 35.9 Å². The van der Waals surface area contributed by atoms with Gasteiger partial charge in [-0.3, -0.25) is 0 Å². The summed E-state index contributed by atoms with van der Waals surface area (Å²) < 4.78 is 11.6. The minimum Gasteiger partial charge on any atom is -0.496 e. The van der Waals surface area contributed by atoms with E-state index in [9.17, 15) is 0 Å². The molecule has 3 aromatic heterocycles. The van der Waals surface area contributed by atoms with Crippen LogP contribution in [0.5, 0.6) is 5.75 Å². The maximum atomic E-state index is 6.22. The molecule has 0 atom stereocenters. The number of benzene rings is 1. The van der Waals surface area contributed by atoms with E-state index in [1.807, 2.05) is 42.6 Å². The van der Waals surface area contributed by atoms with Gasteiger partial charge in [0.15, 0.2) is 5.65 Å². The predicted octanol–water partition coefficient (Wildman–Crippen LogP) is 3.94. The fourth-order valence-corrected chi connectivity index (χ4v) is 4.36. The van der Waals surface area contributed by atoms with Gasteiger partial charge in [-0.25, -0.2) is 19.9 Å². The summed E-state index contributed by atoms with van der Waals surface area (Å²) in [5.41, 5.74) is 10.3. The molecule has 32 heavy (non-hydrogen) atoms. The van der Waals surface area contributed by atoms with Gasteiger partial charge in [0.1, 0.15) is 23.7 Å². The van der Waals surface area contributed by atoms with Crippen molar-refractivity contribution in [2.45, 2.75) is 0 Å². The van der Waals surface area contributed by atoms with Gasteiger partial charge in [-0.1, -0.05) is 6.07 Å². The first-order valence-electron chi connectivity index (χ1n) is 10.2. The Hall–Kier alpha value is -3.30. The SMILES string of the molecule is COc1ccc(-c2cc(-c3ccc(N4CCOCC4)nc3)nc3ncnc(N)c23)cc1Br. The van der Waals surface area contributed by atoms with Crippen LogP contribution >= 0.6 is 15.9 Å². The average molecular weight is 493 g/mol. The van der Waals surface area contributed by atoms with Crippen LogP contribution in [-0.4, -0.2) is 53.3 Å². The summed E-state index contributed by atoms with van der Waals surface area (Å²) in [5, 5.41) is 0.714. The van der Waals surface area contributed by atoms with Gasteiger partial charge in [-0.15, -0.1) is 0 Å². The monoisotopic (exact) mass is 492 g/mol. The Balaban J connectivity index is 1.61. The molecule has 9 heteroatoms. The van der Waals surface area contributed by atoms with Crippen LogP contribution in [0.2, 0.25) is 0 Å². The molecule has 0 saturated carbocycles. The van der Waals surface area contributed by atoms with E-state index in [2.05, 4.69) is 35.8 Å². The molecular weight excluding hydrogens is 472 g/mol. The maximum Gasteiger partial charge on any atom is 0.165 e. The number of pyridine rings is 2. The van der Waals surface area contributed by atoms with Gasteiger partial charge in [0.2, 0.25) is 0 Å². The van der Waals surface area contributed by atoms with Crippen LogP contribution in [0, 0.1) is 0 Å². The molecule has 0 unspecified atom stereocenters. The topological polar surface area (TPSA) is 99.3 Å². The quantitative estimate of drug-likeness (QED) is 0.457. The first kappa shape index (κ1) is 20.6. The van der Waals surface area contributed by atoms with E-state index in [1.165, 1.54) is 6.33 Å². The van der Waals surface area contributed by atoms with Gasteiger partial charge in [-0.05, 0) is 57.4 Å². The second-order valence-corrected chi connectivity index (χ2v) is 8.22. The van der Waals surface area contributed by atoms with Crippen molar-refractivity contribution in [1.82, 2.24) is 19.9 Å². The maximum absolute atomic E-state index is 6.22. The number of nitrogen functional groups attached to an aromatic ring is 1. The highest BCUT2D eigenvalue weighted by Crippen LogP contribution is 2.37. The van der Waals surface area contributed by atoms with Crippen LogP contribution in [0.25, 0.3) is 33.4 Å². The zero-order valence-electron chi connectivity index (χ0n) is 17.5. The normalized spacial score (nSPS) is 14.0. The molecule has 8 nitrogen and oxygen atoms in total. The van der Waals surface area contributed by atoms with E-state index >= 15 is 0 Å². The summed E-state index contributed by atoms with van der Waals surface area (Å²) in [5.74, 6) is 2.07. The third-order valence-corrected chi connectivity index (χ3v) is 6.09. The van der Waals surface area contributed by atoms with E-state index in [0.29, 0.717) is 16.9 Å². The Morgan fingerprint density at radius 1 is 1.03 bits per heavy atom. The number of ether oxygens (including phenoxy) is 2. The Bertz CT molecular complexity index is 1280. The number of aromatic nitrogens is 4. The van der Waals surface area contributed by atoms with Crippen molar-refractivity contribution in [3.05, 3.63) is 53.4 Å². The molecule has 0 amide bonds. The van der Waals surface area contributed by atoms with E-state index < -0.39 is 0 Å². The van der Waals surface area contributed by atoms with Gasteiger partial charge in [0.25, 0.3) is 0 Å². The molecule has 1 aliphatic rings. The zero-order chi connectivity index (χ0) is 22.1. The Labute approximate surface area is 193 Å². The molecule has 1 fully saturated rings. The molecule has 1 aliphatic heterocycles. The third-order valence-electron chi connectivity index (χ3n) is 5.47. The van der Waals surface area contributed by atoms with Gasteiger partial charge in [0, 0.05) is 24.8 Å². The molecule has 0 aliphatic carbocycles. The van der Waals surface area contributed by atoms with Crippen LogP contribution < -0.4 is 15.4 Å². The third kappa shape index (κ3) is 3.85. The molecule has 1 aromatic carbocycles. The second kappa shape index (κ2) is 8.68. The molecular formula is C23H21BrN6O2.